The first kappa shape index (κ1) is 16.3. The number of hydrogen-bond acceptors (Lipinski definition) is 4. The number of para-hydroxylation sites is 1. The van der Waals surface area contributed by atoms with Gasteiger partial charge >= 0.3 is 0 Å². The molecule has 0 spiro atoms. The number of furan rings is 1. The second-order valence-electron chi connectivity index (χ2n) is 6.00. The molecule has 0 unspecified atom stereocenters. The van der Waals surface area contributed by atoms with Crippen LogP contribution < -0.4 is 0 Å². The number of hydrogen-bond donors (Lipinski definition) is 1. The van der Waals surface area contributed by atoms with Crippen LogP contribution in [0.4, 0.5) is 0 Å². The molecule has 1 aromatic carbocycles. The van der Waals surface area contributed by atoms with Gasteiger partial charge in [0.25, 0.3) is 0 Å². The van der Waals surface area contributed by atoms with Gasteiger partial charge in [-0.15, -0.1) is 0 Å². The van der Waals surface area contributed by atoms with Crippen molar-refractivity contribution in [3.8, 4) is 5.75 Å². The Balaban J connectivity index is 1.98. The minimum Gasteiger partial charge on any atom is -0.508 e. The largest absolute Gasteiger partial charge is 0.508 e. The number of phenolic OH excluding ortho intramolecular Hbond substituents is 1. The van der Waals surface area contributed by atoms with Crippen molar-refractivity contribution in [2.24, 2.45) is 11.0 Å². The maximum atomic E-state index is 12.9. The molecule has 0 aliphatic carbocycles. The van der Waals surface area contributed by atoms with Crippen LogP contribution in [0, 0.1) is 5.92 Å². The summed E-state index contributed by atoms with van der Waals surface area (Å²) in [4.78, 5) is 12.9. The Morgan fingerprint density at radius 3 is 2.67 bits per heavy atom. The van der Waals surface area contributed by atoms with Crippen molar-refractivity contribution < 1.29 is 14.3 Å². The molecule has 0 fully saturated rings. The molecule has 1 aliphatic heterocycles. The Kier molecular flexibility index (Phi) is 4.69. The fourth-order valence-corrected chi connectivity index (χ4v) is 3.14. The average molecular weight is 326 g/mol. The first-order chi connectivity index (χ1) is 11.7. The molecule has 2 aromatic rings. The van der Waals surface area contributed by atoms with Gasteiger partial charge in [0.15, 0.2) is 0 Å². The highest BCUT2D eigenvalue weighted by atomic mass is 16.3. The van der Waals surface area contributed by atoms with Crippen molar-refractivity contribution in [1.82, 2.24) is 5.01 Å². The van der Waals surface area contributed by atoms with Gasteiger partial charge in [0.2, 0.25) is 5.91 Å². The number of carbonyl (C=O) groups excluding carboxylic acids is 1. The highest BCUT2D eigenvalue weighted by Crippen LogP contribution is 2.38. The summed E-state index contributed by atoms with van der Waals surface area (Å²) in [7, 11) is 0. The quantitative estimate of drug-likeness (QED) is 0.899. The topological polar surface area (TPSA) is 66.0 Å². The van der Waals surface area contributed by atoms with Gasteiger partial charge in [-0.1, -0.05) is 32.0 Å². The van der Waals surface area contributed by atoms with E-state index in [0.717, 1.165) is 18.6 Å². The zero-order valence-corrected chi connectivity index (χ0v) is 14.0. The number of phenols is 1. The third-order valence-corrected chi connectivity index (χ3v) is 4.57. The number of carbonyl (C=O) groups is 1. The normalized spacial score (nSPS) is 17.4. The van der Waals surface area contributed by atoms with Gasteiger partial charge in [-0.2, -0.15) is 5.10 Å². The summed E-state index contributed by atoms with van der Waals surface area (Å²) in [5.74, 6) is 0.767. The standard InChI is InChI=1S/C19H22N2O3/c1-3-13(4-2)19(23)21-16(14-8-5-6-9-17(14)22)12-15(20-21)18-10-7-11-24-18/h5-11,13,16,22H,3-4,12H2,1-2H3/t16-/m1/s1. The van der Waals surface area contributed by atoms with Crippen LogP contribution in [-0.2, 0) is 4.79 Å². The molecular formula is C19H22N2O3. The highest BCUT2D eigenvalue weighted by molar-refractivity contribution is 6.01. The van der Waals surface area contributed by atoms with Crippen molar-refractivity contribution in [2.45, 2.75) is 39.2 Å². The van der Waals surface area contributed by atoms with Gasteiger partial charge in [0.05, 0.1) is 12.3 Å². The summed E-state index contributed by atoms with van der Waals surface area (Å²) < 4.78 is 5.44. The SMILES string of the molecule is CCC(CC)C(=O)N1N=C(c2ccco2)C[C@@H]1c1ccccc1O. The Morgan fingerprint density at radius 2 is 2.04 bits per heavy atom. The van der Waals surface area contributed by atoms with Gasteiger partial charge in [-0.3, -0.25) is 4.79 Å². The van der Waals surface area contributed by atoms with Gasteiger partial charge in [0, 0.05) is 17.9 Å². The smallest absolute Gasteiger partial charge is 0.246 e. The minimum atomic E-state index is -0.306. The van der Waals surface area contributed by atoms with E-state index in [1.54, 1.807) is 24.5 Å². The third kappa shape index (κ3) is 2.94. The third-order valence-electron chi connectivity index (χ3n) is 4.57. The lowest BCUT2D eigenvalue weighted by Gasteiger charge is -2.26. The average Bonchev–Trinajstić information content (AvgIpc) is 3.26. The summed E-state index contributed by atoms with van der Waals surface area (Å²) >= 11 is 0. The molecule has 0 saturated heterocycles. The van der Waals surface area contributed by atoms with Gasteiger partial charge in [-0.05, 0) is 31.0 Å². The molecule has 2 heterocycles. The first-order valence-corrected chi connectivity index (χ1v) is 8.38. The van der Waals surface area contributed by atoms with E-state index in [1.165, 1.54) is 5.01 Å². The Morgan fingerprint density at radius 1 is 1.29 bits per heavy atom. The zero-order chi connectivity index (χ0) is 17.1. The monoisotopic (exact) mass is 326 g/mol. The lowest BCUT2D eigenvalue weighted by atomic mass is 9.97. The summed E-state index contributed by atoms with van der Waals surface area (Å²) in [5, 5.41) is 16.3. The maximum Gasteiger partial charge on any atom is 0.246 e. The molecule has 1 N–H and O–H groups in total. The van der Waals surface area contributed by atoms with Crippen LogP contribution >= 0.6 is 0 Å². The zero-order valence-electron chi connectivity index (χ0n) is 14.0. The van der Waals surface area contributed by atoms with Crippen LogP contribution in [0.15, 0.2) is 52.2 Å². The number of amides is 1. The number of nitrogens with zero attached hydrogens (tertiary/aromatic N) is 2. The molecule has 1 amide bonds. The maximum absolute atomic E-state index is 12.9. The van der Waals surface area contributed by atoms with E-state index in [2.05, 4.69) is 5.10 Å². The molecule has 1 aromatic heterocycles. The summed E-state index contributed by atoms with van der Waals surface area (Å²) in [5.41, 5.74) is 1.44. The summed E-state index contributed by atoms with van der Waals surface area (Å²) in [6.07, 6.45) is 3.66. The molecule has 5 heteroatoms. The lowest BCUT2D eigenvalue weighted by molar-refractivity contribution is -0.137. The second-order valence-corrected chi connectivity index (χ2v) is 6.00. The van der Waals surface area contributed by atoms with Crippen molar-refractivity contribution in [2.75, 3.05) is 0 Å². The molecule has 3 rings (SSSR count). The Bertz CT molecular complexity index is 733. The molecule has 1 atom stereocenters. The van der Waals surface area contributed by atoms with Gasteiger partial charge < -0.3 is 9.52 Å². The Labute approximate surface area is 141 Å². The van der Waals surface area contributed by atoms with E-state index < -0.39 is 0 Å². The van der Waals surface area contributed by atoms with Crippen LogP contribution in [0.1, 0.15) is 50.5 Å². The summed E-state index contributed by atoms with van der Waals surface area (Å²) in [6.45, 7) is 4.02. The van der Waals surface area contributed by atoms with Gasteiger partial charge in [-0.25, -0.2) is 5.01 Å². The minimum absolute atomic E-state index is 0.00481. The molecule has 1 aliphatic rings. The van der Waals surface area contributed by atoms with Crippen molar-refractivity contribution in [3.05, 3.63) is 54.0 Å². The number of rotatable bonds is 5. The predicted molar refractivity (Wildman–Crippen MR) is 91.6 cm³/mol. The predicted octanol–water partition coefficient (Wildman–Crippen LogP) is 4.10. The van der Waals surface area contributed by atoms with E-state index in [-0.39, 0.29) is 23.6 Å². The van der Waals surface area contributed by atoms with E-state index in [1.807, 2.05) is 32.0 Å². The fourth-order valence-electron chi connectivity index (χ4n) is 3.14. The van der Waals surface area contributed by atoms with E-state index in [0.29, 0.717) is 17.7 Å². The molecular weight excluding hydrogens is 304 g/mol. The molecule has 24 heavy (non-hydrogen) atoms. The lowest BCUT2D eigenvalue weighted by Crippen LogP contribution is -2.32. The highest BCUT2D eigenvalue weighted by Gasteiger charge is 2.37. The van der Waals surface area contributed by atoms with Crippen molar-refractivity contribution in [1.29, 1.82) is 0 Å². The number of benzene rings is 1. The van der Waals surface area contributed by atoms with Crippen molar-refractivity contribution in [3.63, 3.8) is 0 Å². The van der Waals surface area contributed by atoms with Crippen LogP contribution in [0.5, 0.6) is 5.75 Å². The molecule has 126 valence electrons. The van der Waals surface area contributed by atoms with Crippen LogP contribution in [0.3, 0.4) is 0 Å². The van der Waals surface area contributed by atoms with Gasteiger partial charge in [0.1, 0.15) is 17.2 Å². The van der Waals surface area contributed by atoms with Crippen LogP contribution in [0.2, 0.25) is 0 Å². The number of hydrazone groups is 1. The molecule has 0 bridgehead atoms. The van der Waals surface area contributed by atoms with E-state index >= 15 is 0 Å². The first-order valence-electron chi connectivity index (χ1n) is 8.38. The number of aromatic hydroxyl groups is 1. The van der Waals surface area contributed by atoms with E-state index in [9.17, 15) is 9.90 Å². The molecule has 0 saturated carbocycles. The molecule has 5 nitrogen and oxygen atoms in total. The van der Waals surface area contributed by atoms with E-state index in [4.69, 9.17) is 4.42 Å². The van der Waals surface area contributed by atoms with Crippen LogP contribution in [0.25, 0.3) is 0 Å². The van der Waals surface area contributed by atoms with Crippen LogP contribution in [-0.4, -0.2) is 21.7 Å². The summed E-state index contributed by atoms with van der Waals surface area (Å²) in [6, 6.07) is 10.5. The second kappa shape index (κ2) is 6.91. The molecule has 0 radical (unpaired) electrons. The fraction of sp³-hybridized carbons (Fsp3) is 0.368. The van der Waals surface area contributed by atoms with Crippen molar-refractivity contribution >= 4 is 11.6 Å². The Hall–Kier alpha value is -2.56.